The zero-order valence-electron chi connectivity index (χ0n) is 27.8. The van der Waals surface area contributed by atoms with Gasteiger partial charge in [-0.25, -0.2) is 0 Å². The maximum atomic E-state index is 13.3. The molecule has 2 unspecified atom stereocenters. The Morgan fingerprint density at radius 3 is 2.10 bits per heavy atom. The van der Waals surface area contributed by atoms with Gasteiger partial charge < -0.3 is 23.8 Å². The van der Waals surface area contributed by atoms with Crippen LogP contribution in [0.3, 0.4) is 0 Å². The van der Waals surface area contributed by atoms with E-state index in [-0.39, 0.29) is 79.6 Å². The van der Waals surface area contributed by atoms with E-state index in [9.17, 15) is 18.0 Å². The van der Waals surface area contributed by atoms with Crippen molar-refractivity contribution in [2.45, 2.75) is 44.1 Å². The second kappa shape index (κ2) is 18.6. The van der Waals surface area contributed by atoms with Gasteiger partial charge in [0, 0.05) is 64.4 Å². The van der Waals surface area contributed by atoms with Crippen molar-refractivity contribution in [3.8, 4) is 17.8 Å². The summed E-state index contributed by atoms with van der Waals surface area (Å²) in [5.74, 6) is -0.133. The number of hydrogen-bond acceptors (Lipinski definition) is 9. The summed E-state index contributed by atoms with van der Waals surface area (Å²) in [4.78, 5) is 28.2. The Kier molecular flexibility index (Phi) is 15.2. The molecule has 5 rings (SSSR count). The van der Waals surface area contributed by atoms with Crippen LogP contribution in [-0.4, -0.2) is 116 Å². The number of rotatable bonds is 13. The van der Waals surface area contributed by atoms with Crippen molar-refractivity contribution in [2.24, 2.45) is 0 Å². The normalized spacial score (nSPS) is 18.2. The molecule has 270 valence electrons. The van der Waals surface area contributed by atoms with E-state index in [1.165, 1.54) is 7.11 Å². The number of alkyl halides is 3. The van der Waals surface area contributed by atoms with E-state index < -0.39 is 12.8 Å². The molecule has 2 atom stereocenters. The quantitative estimate of drug-likeness (QED) is 0.235. The first kappa shape index (κ1) is 40.1. The predicted octanol–water partition coefficient (Wildman–Crippen LogP) is 5.23. The summed E-state index contributed by atoms with van der Waals surface area (Å²) in [5.41, 5.74) is 2.60. The number of fused-ring (bicyclic) bond motifs is 1. The van der Waals surface area contributed by atoms with Crippen LogP contribution in [0.1, 0.15) is 36.0 Å². The molecule has 0 bridgehead atoms. The van der Waals surface area contributed by atoms with Gasteiger partial charge in [0.25, 0.3) is 0 Å². The molecule has 15 heteroatoms. The largest absolute Gasteiger partial charge is 0.481 e. The summed E-state index contributed by atoms with van der Waals surface area (Å²) in [5, 5.41) is 0. The summed E-state index contributed by atoms with van der Waals surface area (Å²) in [6.07, 6.45) is -4.27. The number of carbonyl (C=O) groups excluding carboxylic acids is 1. The third kappa shape index (κ3) is 10.3. The lowest BCUT2D eigenvalue weighted by Crippen LogP contribution is -2.67. The zero-order valence-corrected chi connectivity index (χ0v) is 29.4. The van der Waals surface area contributed by atoms with Gasteiger partial charge in [0.1, 0.15) is 0 Å². The Hall–Kier alpha value is -3.36. The second-order valence-electron chi connectivity index (χ2n) is 11.7. The fraction of sp³-hybridized carbons (Fsp3) is 0.500. The van der Waals surface area contributed by atoms with Crippen molar-refractivity contribution in [1.29, 1.82) is 0 Å². The van der Waals surface area contributed by atoms with Gasteiger partial charge in [0.2, 0.25) is 17.7 Å². The monoisotopic (exact) mass is 729 g/mol. The molecule has 2 aromatic carbocycles. The first-order chi connectivity index (χ1) is 22.7. The topological polar surface area (TPSA) is 89.5 Å². The van der Waals surface area contributed by atoms with Crippen LogP contribution in [0, 0.1) is 0 Å². The molecule has 2 fully saturated rings. The molecule has 0 N–H and O–H groups in total. The number of nitrogens with zero attached hydrogens (tertiary/aromatic N) is 5. The summed E-state index contributed by atoms with van der Waals surface area (Å²) >= 11 is 0. The van der Waals surface area contributed by atoms with Crippen LogP contribution >= 0.6 is 24.8 Å². The van der Waals surface area contributed by atoms with Gasteiger partial charge in [-0.3, -0.25) is 14.6 Å². The van der Waals surface area contributed by atoms with E-state index in [0.717, 1.165) is 11.1 Å². The molecule has 0 spiro atoms. The molecule has 1 aromatic heterocycles. The van der Waals surface area contributed by atoms with Crippen LogP contribution in [0.25, 0.3) is 0 Å². The molecule has 3 aromatic rings. The van der Waals surface area contributed by atoms with Gasteiger partial charge in [-0.2, -0.15) is 23.1 Å². The van der Waals surface area contributed by atoms with Crippen LogP contribution in [0.5, 0.6) is 17.8 Å². The van der Waals surface area contributed by atoms with Crippen LogP contribution in [-0.2, 0) is 16.1 Å². The maximum Gasteiger partial charge on any atom is 0.422 e. The number of aromatic nitrogens is 2. The highest BCUT2D eigenvalue weighted by Crippen LogP contribution is 2.38. The summed E-state index contributed by atoms with van der Waals surface area (Å²) in [6, 6.07) is 20.4. The molecule has 2 saturated heterocycles. The fourth-order valence-electron chi connectivity index (χ4n) is 6.58. The van der Waals surface area contributed by atoms with Crippen molar-refractivity contribution in [2.75, 3.05) is 66.8 Å². The molecule has 10 nitrogen and oxygen atoms in total. The van der Waals surface area contributed by atoms with E-state index in [1.54, 1.807) is 14.0 Å². The summed E-state index contributed by atoms with van der Waals surface area (Å²) in [7, 11) is 2.98. The van der Waals surface area contributed by atoms with E-state index in [1.807, 2.05) is 41.3 Å². The number of halogens is 5. The Labute approximate surface area is 297 Å². The molecule has 0 saturated carbocycles. The van der Waals surface area contributed by atoms with Crippen molar-refractivity contribution in [3.05, 3.63) is 77.4 Å². The molecule has 0 radical (unpaired) electrons. The number of methoxy groups -OCH3 is 2. The number of hydrogen-bond donors (Lipinski definition) is 0. The van der Waals surface area contributed by atoms with Crippen LogP contribution in [0.15, 0.2) is 60.7 Å². The van der Waals surface area contributed by atoms with Crippen molar-refractivity contribution in [3.63, 3.8) is 0 Å². The van der Waals surface area contributed by atoms with Gasteiger partial charge >= 0.3 is 12.2 Å². The van der Waals surface area contributed by atoms with Crippen LogP contribution in [0.4, 0.5) is 13.2 Å². The average molecular weight is 731 g/mol. The third-order valence-corrected chi connectivity index (χ3v) is 8.58. The van der Waals surface area contributed by atoms with Gasteiger partial charge in [0.15, 0.2) is 6.61 Å². The zero-order chi connectivity index (χ0) is 33.4. The second-order valence-corrected chi connectivity index (χ2v) is 11.7. The molecular weight excluding hydrogens is 686 g/mol. The Balaban J connectivity index is 0.00000325. The smallest absolute Gasteiger partial charge is 0.422 e. The average Bonchev–Trinajstić information content (AvgIpc) is 3.07. The lowest BCUT2D eigenvalue weighted by molar-refractivity contribution is -0.154. The van der Waals surface area contributed by atoms with E-state index in [0.29, 0.717) is 51.3 Å². The minimum atomic E-state index is -4.57. The number of amides is 1. The number of carbonyl (C=O) groups is 1. The molecule has 2 aliphatic rings. The number of benzene rings is 2. The molecular formula is C34H44Cl2F3N5O5. The van der Waals surface area contributed by atoms with Crippen LogP contribution in [0.2, 0.25) is 0 Å². The summed E-state index contributed by atoms with van der Waals surface area (Å²) < 4.78 is 61.3. The molecule has 0 aliphatic carbocycles. The highest BCUT2D eigenvalue weighted by atomic mass is 35.5. The van der Waals surface area contributed by atoms with Crippen LogP contribution < -0.4 is 14.2 Å². The minimum absolute atomic E-state index is 0. The van der Waals surface area contributed by atoms with E-state index in [2.05, 4.69) is 44.0 Å². The Bertz CT molecular complexity index is 1420. The fourth-order valence-corrected chi connectivity index (χ4v) is 6.58. The first-order valence-corrected chi connectivity index (χ1v) is 15.8. The standard InChI is InChI=1S/C34H42F3N5O5.2ClH/c1-4-46-33-38-31(45-3)27(32(39-33)47-23-34(35,36)37)21-40-19-26-20-41(29(43)15-18-44-2)16-17-42(26)28(22-40)30(24-11-7-5-8-12-24)25-13-9-6-10-14-25;;/h5-14,26,28,30H,4,15-23H2,1-3H3;2*1H. The molecule has 3 heterocycles. The molecule has 1 amide bonds. The van der Waals surface area contributed by atoms with Crippen molar-refractivity contribution < 1.29 is 36.9 Å². The van der Waals surface area contributed by atoms with Gasteiger partial charge in [-0.05, 0) is 18.1 Å². The molecule has 49 heavy (non-hydrogen) atoms. The third-order valence-electron chi connectivity index (χ3n) is 8.58. The predicted molar refractivity (Wildman–Crippen MR) is 183 cm³/mol. The highest BCUT2D eigenvalue weighted by Gasteiger charge is 2.43. The van der Waals surface area contributed by atoms with E-state index in [4.69, 9.17) is 18.9 Å². The summed E-state index contributed by atoms with van der Waals surface area (Å²) in [6.45, 7) is 3.87. The van der Waals surface area contributed by atoms with E-state index >= 15 is 0 Å². The first-order valence-electron chi connectivity index (χ1n) is 15.8. The Morgan fingerprint density at radius 2 is 1.53 bits per heavy atom. The number of ether oxygens (including phenoxy) is 4. The maximum absolute atomic E-state index is 13.3. The van der Waals surface area contributed by atoms with Gasteiger partial charge in [0.05, 0.1) is 32.3 Å². The van der Waals surface area contributed by atoms with Crippen molar-refractivity contribution in [1.82, 2.24) is 24.7 Å². The van der Waals surface area contributed by atoms with Gasteiger partial charge in [-0.1, -0.05) is 60.7 Å². The Morgan fingerprint density at radius 1 is 0.898 bits per heavy atom. The highest BCUT2D eigenvalue weighted by molar-refractivity contribution is 5.85. The minimum Gasteiger partial charge on any atom is -0.481 e. The molecule has 2 aliphatic heterocycles. The lowest BCUT2D eigenvalue weighted by Gasteiger charge is -2.53. The number of piperazine rings is 2. The lowest BCUT2D eigenvalue weighted by atomic mass is 9.81. The van der Waals surface area contributed by atoms with Crippen molar-refractivity contribution >= 4 is 30.7 Å². The SMILES string of the molecule is CCOc1nc(OC)c(CN2CC3CN(C(=O)CCOC)CCN3C(C(c3ccccc3)c3ccccc3)C2)c(OCC(F)(F)F)n1.Cl.Cl. The van der Waals surface area contributed by atoms with Gasteiger partial charge in [-0.15, -0.1) is 24.8 Å².